The number of hydrogen-bond donors (Lipinski definition) is 3. The number of nitrogens with zero attached hydrogens (tertiary/aromatic N) is 7. The average molecular weight is 606 g/mol. The number of fused-ring (bicyclic) bond motifs is 1. The monoisotopic (exact) mass is 605 g/mol. The predicted molar refractivity (Wildman–Crippen MR) is 145 cm³/mol. The van der Waals surface area contributed by atoms with Crippen molar-refractivity contribution in [3.63, 3.8) is 0 Å². The second-order valence-corrected chi connectivity index (χ2v) is 11.8. The molecular weight excluding hydrogens is 578 g/mol. The van der Waals surface area contributed by atoms with Crippen molar-refractivity contribution in [2.24, 2.45) is 10.6 Å². The molecule has 1 unspecified atom stereocenters. The number of aryl methyl sites for hydroxylation is 1. The number of tetrazole rings is 1. The normalized spacial score (nSPS) is 19.2. The summed E-state index contributed by atoms with van der Waals surface area (Å²) < 4.78 is 10.2. The van der Waals surface area contributed by atoms with Crippen LogP contribution in [0.3, 0.4) is 0 Å². The summed E-state index contributed by atoms with van der Waals surface area (Å²) in [5.41, 5.74) is 4.83. The topological polar surface area (TPSA) is 217 Å². The van der Waals surface area contributed by atoms with Gasteiger partial charge in [-0.25, -0.2) is 9.78 Å². The van der Waals surface area contributed by atoms with E-state index in [-0.39, 0.29) is 28.8 Å². The maximum Gasteiger partial charge on any atom is 0.358 e. The molecule has 2 aliphatic heterocycles. The third-order valence-electron chi connectivity index (χ3n) is 5.69. The third kappa shape index (κ3) is 6.54. The summed E-state index contributed by atoms with van der Waals surface area (Å²) in [7, 11) is 0. The molecule has 2 amide bonds. The van der Waals surface area contributed by atoms with Gasteiger partial charge in [0.05, 0.1) is 12.0 Å². The lowest BCUT2D eigenvalue weighted by atomic mass is 9.98. The van der Waals surface area contributed by atoms with E-state index in [9.17, 15) is 24.4 Å². The first-order chi connectivity index (χ1) is 19.4. The maximum absolute atomic E-state index is 13.2. The highest BCUT2D eigenvalue weighted by atomic mass is 32.2. The van der Waals surface area contributed by atoms with Crippen LogP contribution in [-0.4, -0.2) is 88.7 Å². The van der Waals surface area contributed by atoms with Gasteiger partial charge in [0.15, 0.2) is 16.7 Å². The van der Waals surface area contributed by atoms with Crippen LogP contribution >= 0.6 is 23.1 Å². The fourth-order valence-electron chi connectivity index (χ4n) is 3.69. The lowest BCUT2D eigenvalue weighted by molar-refractivity contribution is -0.173. The third-order valence-corrected chi connectivity index (χ3v) is 7.67. The number of aromatic nitrogens is 5. The van der Waals surface area contributed by atoms with E-state index in [1.54, 1.807) is 39.8 Å². The smallest absolute Gasteiger partial charge is 0.358 e. The number of nitrogens with one attached hydrogen (secondary N) is 1. The average Bonchev–Trinajstić information content (AvgIpc) is 3.54. The van der Waals surface area contributed by atoms with Gasteiger partial charge in [0.2, 0.25) is 6.79 Å². The minimum Gasteiger partial charge on any atom is -0.427 e. The predicted octanol–water partition coefficient (Wildman–Crippen LogP) is 0.199. The zero-order valence-corrected chi connectivity index (χ0v) is 24.1. The highest BCUT2D eigenvalue weighted by Gasteiger charge is 2.54. The van der Waals surface area contributed by atoms with Gasteiger partial charge < -0.3 is 25.7 Å². The number of nitrogens with two attached hydrogens (primary N) is 1. The Morgan fingerprint density at radius 3 is 2.68 bits per heavy atom. The molecule has 0 saturated carbocycles. The van der Waals surface area contributed by atoms with Gasteiger partial charge in [0, 0.05) is 11.1 Å². The zero-order chi connectivity index (χ0) is 29.9. The van der Waals surface area contributed by atoms with Crippen molar-refractivity contribution >= 4 is 57.7 Å². The molecule has 0 radical (unpaired) electrons. The van der Waals surface area contributed by atoms with Crippen LogP contribution in [0.25, 0.3) is 0 Å². The van der Waals surface area contributed by atoms with E-state index in [2.05, 4.69) is 30.9 Å². The Bertz CT molecular complexity index is 1460. The number of nitrogen functional groups attached to an aromatic ring is 1. The van der Waals surface area contributed by atoms with Crippen molar-refractivity contribution in [3.05, 3.63) is 40.3 Å². The first-order valence-electron chi connectivity index (χ1n) is 12.1. The Hall–Kier alpha value is -4.32. The van der Waals surface area contributed by atoms with E-state index in [1.165, 1.54) is 26.8 Å². The lowest BCUT2D eigenvalue weighted by Crippen LogP contribution is -2.71. The highest BCUT2D eigenvalue weighted by molar-refractivity contribution is 8.00. The van der Waals surface area contributed by atoms with Gasteiger partial charge in [0.25, 0.3) is 11.8 Å². The molecule has 1 saturated heterocycles. The Morgan fingerprint density at radius 2 is 2.07 bits per heavy atom. The van der Waals surface area contributed by atoms with Gasteiger partial charge in [-0.3, -0.25) is 19.3 Å². The van der Waals surface area contributed by atoms with Crippen molar-refractivity contribution in [1.29, 1.82) is 0 Å². The van der Waals surface area contributed by atoms with Crippen molar-refractivity contribution < 1.29 is 33.9 Å². The highest BCUT2D eigenvalue weighted by Crippen LogP contribution is 2.41. The van der Waals surface area contributed by atoms with Crippen LogP contribution in [0, 0.1) is 12.3 Å². The second kappa shape index (κ2) is 12.0. The Balaban J connectivity index is 1.52. The van der Waals surface area contributed by atoms with Crippen LogP contribution in [0.1, 0.15) is 32.3 Å². The molecule has 2 atom stereocenters. The molecule has 0 spiro atoms. The molecule has 16 nitrogen and oxygen atoms in total. The number of esters is 2. The molecule has 4 N–H and O–H groups in total. The van der Waals surface area contributed by atoms with E-state index in [4.69, 9.17) is 15.2 Å². The summed E-state index contributed by atoms with van der Waals surface area (Å²) in [5, 5.41) is 27.6. The second-order valence-electron chi connectivity index (χ2n) is 9.78. The number of allylic oxidation sites excluding steroid dienone is 2. The molecule has 1 fully saturated rings. The van der Waals surface area contributed by atoms with E-state index in [0.29, 0.717) is 11.4 Å². The summed E-state index contributed by atoms with van der Waals surface area (Å²) in [4.78, 5) is 57.8. The van der Waals surface area contributed by atoms with Crippen LogP contribution in [0.4, 0.5) is 5.13 Å². The zero-order valence-electron chi connectivity index (χ0n) is 22.4. The molecule has 4 heterocycles. The fraction of sp³-hybridized carbons (Fsp3) is 0.435. The number of oxime groups is 1. The van der Waals surface area contributed by atoms with Gasteiger partial charge in [0.1, 0.15) is 22.8 Å². The van der Waals surface area contributed by atoms with Crippen LogP contribution in [0.5, 0.6) is 0 Å². The number of carbonyl (C=O) groups excluding carboxylic acids is 4. The van der Waals surface area contributed by atoms with Gasteiger partial charge >= 0.3 is 11.9 Å². The van der Waals surface area contributed by atoms with Crippen LogP contribution in [0.2, 0.25) is 0 Å². The quantitative estimate of drug-likeness (QED) is 0.0870. The lowest BCUT2D eigenvalue weighted by Gasteiger charge is -2.49. The van der Waals surface area contributed by atoms with E-state index in [1.807, 2.05) is 0 Å². The van der Waals surface area contributed by atoms with Gasteiger partial charge in [-0.1, -0.05) is 17.3 Å². The molecular formula is C23H27N9O7S2. The SMILES string of the molecule is Cc1nnn(C/C=C/C2=C(C(=O)OCOC(=O)C(C)(C)C)N3C(=O)C(NC(=O)C(=NO)c4csc(N)n4)[C@H]3SC2)n1. The molecule has 4 rings (SSSR count). The van der Waals surface area contributed by atoms with E-state index in [0.717, 1.165) is 11.3 Å². The molecule has 218 valence electrons. The fourth-order valence-corrected chi connectivity index (χ4v) is 5.56. The molecule has 0 aliphatic carbocycles. The molecule has 2 aromatic heterocycles. The Labute approximate surface area is 241 Å². The number of thiazole rings is 1. The van der Waals surface area contributed by atoms with Crippen LogP contribution in [-0.2, 0) is 35.2 Å². The summed E-state index contributed by atoms with van der Waals surface area (Å²) in [5.74, 6) is -2.13. The number of amides is 2. The maximum atomic E-state index is 13.2. The molecule has 41 heavy (non-hydrogen) atoms. The van der Waals surface area contributed by atoms with Crippen molar-refractivity contribution in [3.8, 4) is 0 Å². The first-order valence-corrected chi connectivity index (χ1v) is 14.0. The first kappa shape index (κ1) is 29.7. The number of β-lactam (4-membered cyclic amide) rings is 1. The van der Waals surface area contributed by atoms with Crippen molar-refractivity contribution in [2.75, 3.05) is 18.3 Å². The van der Waals surface area contributed by atoms with Crippen molar-refractivity contribution in [2.45, 2.75) is 45.7 Å². The number of anilines is 1. The minimum absolute atomic E-state index is 0.0471. The Kier molecular flexibility index (Phi) is 8.72. The van der Waals surface area contributed by atoms with Gasteiger partial charge in [-0.15, -0.1) is 33.3 Å². The summed E-state index contributed by atoms with van der Waals surface area (Å²) in [6.07, 6.45) is 3.33. The van der Waals surface area contributed by atoms with E-state index >= 15 is 0 Å². The van der Waals surface area contributed by atoms with Gasteiger partial charge in [-0.2, -0.15) is 4.80 Å². The molecule has 18 heteroatoms. The molecule has 0 aromatic carbocycles. The number of rotatable bonds is 9. The summed E-state index contributed by atoms with van der Waals surface area (Å²) in [6, 6.07) is -1.03. The summed E-state index contributed by atoms with van der Waals surface area (Å²) in [6.45, 7) is 6.26. The number of hydrogen-bond acceptors (Lipinski definition) is 15. The Morgan fingerprint density at radius 1 is 1.32 bits per heavy atom. The molecule has 2 aromatic rings. The van der Waals surface area contributed by atoms with Crippen molar-refractivity contribution in [1.82, 2.24) is 35.4 Å². The minimum atomic E-state index is -1.03. The van der Waals surface area contributed by atoms with Gasteiger partial charge in [-0.05, 0) is 38.5 Å². The number of carbonyl (C=O) groups is 4. The number of ether oxygens (including phenoxy) is 2. The number of thioether (sulfide) groups is 1. The summed E-state index contributed by atoms with van der Waals surface area (Å²) >= 11 is 2.35. The largest absolute Gasteiger partial charge is 0.427 e. The molecule has 2 aliphatic rings. The molecule has 0 bridgehead atoms. The van der Waals surface area contributed by atoms with E-state index < -0.39 is 53.1 Å². The van der Waals surface area contributed by atoms with Crippen LogP contribution in [0.15, 0.2) is 34.0 Å². The van der Waals surface area contributed by atoms with Crippen LogP contribution < -0.4 is 11.1 Å². The standard InChI is InChI=1S/C23H27N9O7S2/c1-11-27-30-31(28-11)7-5-6-12-8-40-19-15(26-17(33)14(29-37)13-9-41-22(24)25-13)18(34)32(19)16(12)20(35)38-10-39-21(36)23(2,3)4/h5-6,9,15,19,37H,7-8,10H2,1-4H3,(H2,24,25)(H,26,33)/b6-5+,29-14?/t15?,19-/m1/s1.